The number of carbonyl (C=O) groups is 3. The number of esters is 2. The largest absolute Gasteiger partial charge is 0.462 e. The van der Waals surface area contributed by atoms with Crippen LogP contribution in [0, 0.1) is 0 Å². The topological polar surface area (TPSA) is 81.7 Å². The zero-order valence-corrected chi connectivity index (χ0v) is 17.6. The van der Waals surface area contributed by atoms with Crippen molar-refractivity contribution in [3.05, 3.63) is 51.9 Å². The van der Waals surface area contributed by atoms with Gasteiger partial charge < -0.3 is 14.8 Å². The molecular formula is C22H25NO5S. The molecule has 1 aliphatic rings. The van der Waals surface area contributed by atoms with Gasteiger partial charge in [-0.1, -0.05) is 30.3 Å². The van der Waals surface area contributed by atoms with E-state index >= 15 is 0 Å². The van der Waals surface area contributed by atoms with Crippen LogP contribution < -0.4 is 5.32 Å². The number of hydrogen-bond acceptors (Lipinski definition) is 6. The maximum atomic E-state index is 12.6. The Morgan fingerprint density at radius 2 is 1.97 bits per heavy atom. The van der Waals surface area contributed by atoms with Crippen LogP contribution in [-0.4, -0.2) is 30.6 Å². The van der Waals surface area contributed by atoms with Crippen molar-refractivity contribution in [1.82, 2.24) is 0 Å². The van der Waals surface area contributed by atoms with Crippen molar-refractivity contribution in [2.45, 2.75) is 52.1 Å². The molecule has 1 heterocycles. The predicted molar refractivity (Wildman–Crippen MR) is 111 cm³/mol. The average Bonchev–Trinajstić information content (AvgIpc) is 3.05. The van der Waals surface area contributed by atoms with E-state index in [1.165, 1.54) is 30.7 Å². The molecule has 7 heteroatoms. The standard InChI is InChI=1S/C22H25NO5S/c1-4-27-22(26)19-17-11-10-16(15-8-6-5-7-9-15)12-18(17)29-21(19)23-20(25)13(2)28-14(3)24/h5-9,13,16H,4,10-12H2,1-3H3,(H,23,25)/t13-,16-/m0/s1. The van der Waals surface area contributed by atoms with Gasteiger partial charge in [0.05, 0.1) is 12.2 Å². The Labute approximate surface area is 174 Å². The molecule has 1 aromatic carbocycles. The van der Waals surface area contributed by atoms with Crippen LogP contribution in [0.5, 0.6) is 0 Å². The Kier molecular flexibility index (Phi) is 6.69. The third-order valence-corrected chi connectivity index (χ3v) is 6.13. The number of nitrogens with one attached hydrogen (secondary N) is 1. The van der Waals surface area contributed by atoms with E-state index in [1.54, 1.807) is 6.92 Å². The van der Waals surface area contributed by atoms with Gasteiger partial charge in [0.15, 0.2) is 6.10 Å². The second kappa shape index (κ2) is 9.22. The maximum Gasteiger partial charge on any atom is 0.341 e. The summed E-state index contributed by atoms with van der Waals surface area (Å²) in [6, 6.07) is 10.3. The fourth-order valence-electron chi connectivity index (χ4n) is 3.62. The van der Waals surface area contributed by atoms with Crippen LogP contribution in [0.3, 0.4) is 0 Å². The van der Waals surface area contributed by atoms with E-state index in [4.69, 9.17) is 9.47 Å². The molecule has 6 nitrogen and oxygen atoms in total. The van der Waals surface area contributed by atoms with E-state index in [1.807, 2.05) is 18.2 Å². The van der Waals surface area contributed by atoms with Crippen molar-refractivity contribution >= 4 is 34.2 Å². The number of anilines is 1. The van der Waals surface area contributed by atoms with E-state index < -0.39 is 23.9 Å². The summed E-state index contributed by atoms with van der Waals surface area (Å²) in [5, 5.41) is 3.23. The van der Waals surface area contributed by atoms with Gasteiger partial charge in [-0.15, -0.1) is 11.3 Å². The van der Waals surface area contributed by atoms with Crippen molar-refractivity contribution in [3.8, 4) is 0 Å². The highest BCUT2D eigenvalue weighted by molar-refractivity contribution is 7.17. The lowest BCUT2D eigenvalue weighted by Crippen LogP contribution is -2.29. The minimum atomic E-state index is -0.946. The molecule has 3 rings (SSSR count). The minimum Gasteiger partial charge on any atom is -0.462 e. The normalized spacial score (nSPS) is 16.4. The summed E-state index contributed by atoms with van der Waals surface area (Å²) in [4.78, 5) is 37.3. The van der Waals surface area contributed by atoms with Crippen molar-refractivity contribution in [2.24, 2.45) is 0 Å². The van der Waals surface area contributed by atoms with Gasteiger partial charge in [0.1, 0.15) is 5.00 Å². The summed E-state index contributed by atoms with van der Waals surface area (Å²) in [6.45, 7) is 4.76. The molecule has 2 aromatic rings. The number of carbonyl (C=O) groups excluding carboxylic acids is 3. The number of fused-ring (bicyclic) bond motifs is 1. The molecule has 154 valence electrons. The van der Waals surface area contributed by atoms with E-state index in [2.05, 4.69) is 17.4 Å². The Morgan fingerprint density at radius 3 is 2.62 bits per heavy atom. The van der Waals surface area contributed by atoms with Crippen molar-refractivity contribution in [2.75, 3.05) is 11.9 Å². The Balaban J connectivity index is 1.89. The monoisotopic (exact) mass is 415 g/mol. The van der Waals surface area contributed by atoms with Crippen molar-refractivity contribution in [1.29, 1.82) is 0 Å². The second-order valence-electron chi connectivity index (χ2n) is 7.02. The molecule has 1 aromatic heterocycles. The van der Waals surface area contributed by atoms with Gasteiger partial charge >= 0.3 is 11.9 Å². The molecule has 0 bridgehead atoms. The molecule has 2 atom stereocenters. The number of rotatable bonds is 6. The minimum absolute atomic E-state index is 0.257. The second-order valence-corrected chi connectivity index (χ2v) is 8.12. The van der Waals surface area contributed by atoms with Crippen molar-refractivity contribution in [3.63, 3.8) is 0 Å². The first-order chi connectivity index (χ1) is 13.9. The Bertz CT molecular complexity index is 905. The van der Waals surface area contributed by atoms with Crippen LogP contribution in [0.1, 0.15) is 59.5 Å². The summed E-state index contributed by atoms with van der Waals surface area (Å²) < 4.78 is 10.2. The zero-order chi connectivity index (χ0) is 21.0. The fraction of sp³-hybridized carbons (Fsp3) is 0.409. The number of ether oxygens (including phenoxy) is 2. The molecule has 1 N–H and O–H groups in total. The zero-order valence-electron chi connectivity index (χ0n) is 16.8. The smallest absolute Gasteiger partial charge is 0.341 e. The lowest BCUT2D eigenvalue weighted by Gasteiger charge is -2.23. The fourth-order valence-corrected chi connectivity index (χ4v) is 4.94. The molecule has 0 unspecified atom stereocenters. The summed E-state index contributed by atoms with van der Waals surface area (Å²) in [5.41, 5.74) is 2.66. The highest BCUT2D eigenvalue weighted by atomic mass is 32.1. The quantitative estimate of drug-likeness (QED) is 0.719. The van der Waals surface area contributed by atoms with Gasteiger partial charge in [0, 0.05) is 11.8 Å². The van der Waals surface area contributed by atoms with Gasteiger partial charge in [-0.3, -0.25) is 9.59 Å². The first kappa shape index (κ1) is 21.0. The third kappa shape index (κ3) is 4.85. The molecule has 1 aliphatic carbocycles. The van der Waals surface area contributed by atoms with E-state index in [-0.39, 0.29) is 6.61 Å². The van der Waals surface area contributed by atoms with Gasteiger partial charge in [-0.2, -0.15) is 0 Å². The third-order valence-electron chi connectivity index (χ3n) is 4.96. The summed E-state index contributed by atoms with van der Waals surface area (Å²) in [5.74, 6) is -1.06. The molecule has 1 amide bonds. The summed E-state index contributed by atoms with van der Waals surface area (Å²) in [7, 11) is 0. The predicted octanol–water partition coefficient (Wildman–Crippen LogP) is 4.09. The molecule has 0 aliphatic heterocycles. The maximum absolute atomic E-state index is 12.6. The number of hydrogen-bond donors (Lipinski definition) is 1. The number of thiophene rings is 1. The molecule has 0 saturated heterocycles. The Hall–Kier alpha value is -2.67. The van der Waals surface area contributed by atoms with E-state index in [0.29, 0.717) is 16.5 Å². The molecule has 0 saturated carbocycles. The first-order valence-corrected chi connectivity index (χ1v) is 10.6. The van der Waals surface area contributed by atoms with Crippen LogP contribution in [0.4, 0.5) is 5.00 Å². The van der Waals surface area contributed by atoms with Crippen LogP contribution in [0.25, 0.3) is 0 Å². The molecule has 29 heavy (non-hydrogen) atoms. The van der Waals surface area contributed by atoms with Gasteiger partial charge in [-0.25, -0.2) is 4.79 Å². The van der Waals surface area contributed by atoms with Gasteiger partial charge in [0.2, 0.25) is 0 Å². The van der Waals surface area contributed by atoms with E-state index in [9.17, 15) is 14.4 Å². The highest BCUT2D eigenvalue weighted by Gasteiger charge is 2.31. The molecule has 0 spiro atoms. The molecule has 0 radical (unpaired) electrons. The van der Waals surface area contributed by atoms with E-state index in [0.717, 1.165) is 29.7 Å². The van der Waals surface area contributed by atoms with Crippen LogP contribution in [0.2, 0.25) is 0 Å². The van der Waals surface area contributed by atoms with Gasteiger partial charge in [-0.05, 0) is 50.2 Å². The summed E-state index contributed by atoms with van der Waals surface area (Å²) >= 11 is 1.41. The Morgan fingerprint density at radius 1 is 1.24 bits per heavy atom. The number of amides is 1. The highest BCUT2D eigenvalue weighted by Crippen LogP contribution is 2.42. The van der Waals surface area contributed by atoms with Gasteiger partial charge in [0.25, 0.3) is 5.91 Å². The van der Waals surface area contributed by atoms with Crippen LogP contribution in [0.15, 0.2) is 30.3 Å². The summed E-state index contributed by atoms with van der Waals surface area (Å²) in [6.07, 6.45) is 1.54. The SMILES string of the molecule is CCOC(=O)c1c(NC(=O)[C@H](C)OC(C)=O)sc2c1CC[C@H](c1ccccc1)C2. The molecular weight excluding hydrogens is 390 g/mol. The van der Waals surface area contributed by atoms with Crippen LogP contribution >= 0.6 is 11.3 Å². The van der Waals surface area contributed by atoms with Crippen molar-refractivity contribution < 1.29 is 23.9 Å². The first-order valence-electron chi connectivity index (χ1n) is 9.75. The average molecular weight is 416 g/mol. The molecule has 0 fully saturated rings. The lowest BCUT2D eigenvalue weighted by molar-refractivity contribution is -0.150. The lowest BCUT2D eigenvalue weighted by atomic mass is 9.83. The van der Waals surface area contributed by atoms with Crippen LogP contribution in [-0.2, 0) is 31.9 Å². The number of benzene rings is 1.